The third kappa shape index (κ3) is 3.33. The maximum atomic E-state index is 8.62. The van der Waals surface area contributed by atoms with E-state index in [0.29, 0.717) is 13.0 Å². The molecule has 0 bridgehead atoms. The summed E-state index contributed by atoms with van der Waals surface area (Å²) < 4.78 is 5.84. The maximum absolute atomic E-state index is 8.62. The number of hydrogen-bond acceptors (Lipinski definition) is 4. The minimum Gasteiger partial charge on any atom is -0.486 e. The first-order valence-corrected chi connectivity index (χ1v) is 6.99. The summed E-state index contributed by atoms with van der Waals surface area (Å²) in [6.45, 7) is 6.67. The van der Waals surface area contributed by atoms with Gasteiger partial charge in [-0.3, -0.25) is 0 Å². The molecular weight excluding hydrogens is 256 g/mol. The Morgan fingerprint density at radius 2 is 2.11 bits per heavy atom. The summed E-state index contributed by atoms with van der Waals surface area (Å²) in [7, 11) is 0. The fourth-order valence-corrected chi connectivity index (χ4v) is 2.57. The molecule has 2 rings (SSSR count). The van der Waals surface area contributed by atoms with E-state index in [0.717, 1.165) is 16.5 Å². The average molecular weight is 272 g/mol. The molecule has 0 atom stereocenters. The van der Waals surface area contributed by atoms with Crippen LogP contribution in [0.3, 0.4) is 0 Å². The lowest BCUT2D eigenvalue weighted by Gasteiger charge is -2.11. The highest BCUT2D eigenvalue weighted by Gasteiger charge is 2.06. The summed E-state index contributed by atoms with van der Waals surface area (Å²) in [5.74, 6) is 0.912. The van der Waals surface area contributed by atoms with Crippen molar-refractivity contribution >= 4 is 11.3 Å². The minimum atomic E-state index is 0.360. The number of ether oxygens (including phenoxy) is 1. The summed E-state index contributed by atoms with van der Waals surface area (Å²) >= 11 is 1.54. The number of rotatable bonds is 4. The normalized spacial score (nSPS) is 10.2. The molecule has 98 valence electrons. The van der Waals surface area contributed by atoms with Crippen LogP contribution in [0.15, 0.2) is 17.5 Å². The van der Waals surface area contributed by atoms with Crippen molar-refractivity contribution < 1.29 is 4.74 Å². The lowest BCUT2D eigenvalue weighted by Crippen LogP contribution is -1.98. The van der Waals surface area contributed by atoms with E-state index in [9.17, 15) is 0 Å². The molecule has 0 saturated heterocycles. The first-order valence-electron chi connectivity index (χ1n) is 6.11. The van der Waals surface area contributed by atoms with Crippen LogP contribution >= 0.6 is 11.3 Å². The molecule has 2 aromatic rings. The fourth-order valence-electron chi connectivity index (χ4n) is 1.87. The third-order valence-corrected chi connectivity index (χ3v) is 3.85. The lowest BCUT2D eigenvalue weighted by molar-refractivity contribution is 0.303. The Kier molecular flexibility index (Phi) is 4.18. The Morgan fingerprint density at radius 3 is 2.84 bits per heavy atom. The molecule has 0 aliphatic carbocycles. The number of thiazole rings is 1. The second-order valence-corrected chi connectivity index (χ2v) is 5.50. The zero-order chi connectivity index (χ0) is 13.8. The second kappa shape index (κ2) is 5.85. The minimum absolute atomic E-state index is 0.360. The number of benzene rings is 1. The quantitative estimate of drug-likeness (QED) is 0.852. The molecule has 0 radical (unpaired) electrons. The van der Waals surface area contributed by atoms with Crippen LogP contribution in [0.4, 0.5) is 0 Å². The molecule has 0 aliphatic heterocycles. The van der Waals surface area contributed by atoms with Crippen LogP contribution in [-0.4, -0.2) is 4.98 Å². The Labute approximate surface area is 117 Å². The van der Waals surface area contributed by atoms with E-state index in [1.807, 2.05) is 11.4 Å². The van der Waals surface area contributed by atoms with Crippen molar-refractivity contribution in [1.82, 2.24) is 4.98 Å². The number of hydrogen-bond donors (Lipinski definition) is 0. The van der Waals surface area contributed by atoms with Gasteiger partial charge in [-0.1, -0.05) is 6.07 Å². The van der Waals surface area contributed by atoms with Gasteiger partial charge in [0, 0.05) is 5.38 Å². The zero-order valence-corrected chi connectivity index (χ0v) is 12.2. The summed E-state index contributed by atoms with van der Waals surface area (Å²) in [5, 5.41) is 11.4. The third-order valence-electron chi connectivity index (χ3n) is 2.97. The van der Waals surface area contributed by atoms with E-state index in [2.05, 4.69) is 37.9 Å². The van der Waals surface area contributed by atoms with Crippen molar-refractivity contribution in [3.8, 4) is 11.8 Å². The van der Waals surface area contributed by atoms with Crippen molar-refractivity contribution in [3.63, 3.8) is 0 Å². The van der Waals surface area contributed by atoms with E-state index in [-0.39, 0.29) is 0 Å². The molecule has 0 fully saturated rings. The molecule has 1 aromatic heterocycles. The van der Waals surface area contributed by atoms with Crippen molar-refractivity contribution in [1.29, 1.82) is 5.26 Å². The van der Waals surface area contributed by atoms with Crippen LogP contribution in [0.5, 0.6) is 5.75 Å². The van der Waals surface area contributed by atoms with Crippen LogP contribution in [0.2, 0.25) is 0 Å². The van der Waals surface area contributed by atoms with Gasteiger partial charge < -0.3 is 4.74 Å². The van der Waals surface area contributed by atoms with Gasteiger partial charge in [0.25, 0.3) is 0 Å². The van der Waals surface area contributed by atoms with Crippen LogP contribution in [0.25, 0.3) is 0 Å². The fraction of sp³-hybridized carbons (Fsp3) is 0.333. The number of nitriles is 1. The number of aryl methyl sites for hydroxylation is 2. The highest BCUT2D eigenvalue weighted by atomic mass is 32.1. The van der Waals surface area contributed by atoms with Gasteiger partial charge in [-0.05, 0) is 43.5 Å². The van der Waals surface area contributed by atoms with Crippen molar-refractivity contribution in [2.75, 3.05) is 0 Å². The number of nitrogens with zero attached hydrogens (tertiary/aromatic N) is 2. The monoisotopic (exact) mass is 272 g/mol. The Bertz CT molecular complexity index is 626. The predicted octanol–water partition coefficient (Wildman–Crippen LogP) is 3.71. The Hall–Kier alpha value is -1.86. The molecule has 4 heteroatoms. The highest BCUT2D eigenvalue weighted by molar-refractivity contribution is 7.09. The molecule has 0 amide bonds. The summed E-state index contributed by atoms with van der Waals surface area (Å²) in [6.07, 6.45) is 0.360. The Balaban J connectivity index is 2.08. The lowest BCUT2D eigenvalue weighted by atomic mass is 10.1. The van der Waals surface area contributed by atoms with Crippen LogP contribution < -0.4 is 4.74 Å². The molecular formula is C15H16N2OS. The topological polar surface area (TPSA) is 45.9 Å². The second-order valence-electron chi connectivity index (χ2n) is 4.56. The van der Waals surface area contributed by atoms with Crippen molar-refractivity contribution in [3.05, 3.63) is 44.9 Å². The van der Waals surface area contributed by atoms with Crippen LogP contribution in [-0.2, 0) is 13.0 Å². The summed E-state index contributed by atoms with van der Waals surface area (Å²) in [5.41, 5.74) is 4.42. The standard InChI is InChI=1S/C15H16N2OS/c1-10-6-11(2)12(3)14(7-10)18-8-15-17-13(4-5-16)9-19-15/h6-7,9H,4,8H2,1-3H3. The van der Waals surface area contributed by atoms with Gasteiger partial charge in [0.1, 0.15) is 17.4 Å². The molecule has 0 aliphatic rings. The van der Waals surface area contributed by atoms with Crippen LogP contribution in [0.1, 0.15) is 27.4 Å². The molecule has 0 spiro atoms. The van der Waals surface area contributed by atoms with Gasteiger partial charge in [-0.25, -0.2) is 4.98 Å². The van der Waals surface area contributed by atoms with E-state index in [1.165, 1.54) is 28.0 Å². The predicted molar refractivity (Wildman–Crippen MR) is 76.4 cm³/mol. The molecule has 3 nitrogen and oxygen atoms in total. The summed E-state index contributed by atoms with van der Waals surface area (Å²) in [6, 6.07) is 6.30. The van der Waals surface area contributed by atoms with Gasteiger partial charge in [-0.15, -0.1) is 11.3 Å². The van der Waals surface area contributed by atoms with Gasteiger partial charge in [0.2, 0.25) is 0 Å². The van der Waals surface area contributed by atoms with Gasteiger partial charge in [-0.2, -0.15) is 5.26 Å². The first-order chi connectivity index (χ1) is 9.10. The maximum Gasteiger partial charge on any atom is 0.140 e. The van der Waals surface area contributed by atoms with Gasteiger partial charge in [0.15, 0.2) is 0 Å². The summed E-state index contributed by atoms with van der Waals surface area (Å²) in [4.78, 5) is 4.36. The first kappa shape index (κ1) is 13.6. The van der Waals surface area contributed by atoms with E-state index < -0.39 is 0 Å². The molecule has 0 saturated carbocycles. The van der Waals surface area contributed by atoms with E-state index >= 15 is 0 Å². The highest BCUT2D eigenvalue weighted by Crippen LogP contribution is 2.24. The van der Waals surface area contributed by atoms with Gasteiger partial charge >= 0.3 is 0 Å². The molecule has 0 N–H and O–H groups in total. The average Bonchev–Trinajstić information content (AvgIpc) is 2.80. The zero-order valence-electron chi connectivity index (χ0n) is 11.4. The molecule has 0 unspecified atom stereocenters. The number of aromatic nitrogens is 1. The van der Waals surface area contributed by atoms with Crippen LogP contribution in [0, 0.1) is 32.1 Å². The molecule has 1 heterocycles. The van der Waals surface area contributed by atoms with E-state index in [4.69, 9.17) is 10.00 Å². The van der Waals surface area contributed by atoms with Crippen molar-refractivity contribution in [2.45, 2.75) is 33.8 Å². The van der Waals surface area contributed by atoms with Gasteiger partial charge in [0.05, 0.1) is 18.2 Å². The largest absolute Gasteiger partial charge is 0.486 e. The smallest absolute Gasteiger partial charge is 0.140 e. The SMILES string of the molecule is Cc1cc(C)c(C)c(OCc2nc(CC#N)cs2)c1. The van der Waals surface area contributed by atoms with E-state index in [1.54, 1.807) is 0 Å². The van der Waals surface area contributed by atoms with Crippen molar-refractivity contribution in [2.24, 2.45) is 0 Å². The Morgan fingerprint density at radius 1 is 1.32 bits per heavy atom. The molecule has 19 heavy (non-hydrogen) atoms. The molecule has 1 aromatic carbocycles.